The highest BCUT2D eigenvalue weighted by molar-refractivity contribution is 5.75. The first kappa shape index (κ1) is 14.8. The van der Waals surface area contributed by atoms with E-state index in [1.807, 2.05) is 20.8 Å². The summed E-state index contributed by atoms with van der Waals surface area (Å²) >= 11 is 0. The lowest BCUT2D eigenvalue weighted by atomic mass is 10.1. The van der Waals surface area contributed by atoms with Gasteiger partial charge in [0, 0.05) is 18.6 Å². The number of carbonyl (C=O) groups excluding carboxylic acids is 1. The third-order valence-electron chi connectivity index (χ3n) is 3.20. The normalized spacial score (nSPS) is 16.4. The third-order valence-corrected chi connectivity index (χ3v) is 3.20. The lowest BCUT2D eigenvalue weighted by Gasteiger charge is -2.28. The van der Waals surface area contributed by atoms with E-state index in [1.54, 1.807) is 4.90 Å². The molecule has 0 aromatic heterocycles. The van der Waals surface area contributed by atoms with Crippen molar-refractivity contribution in [3.8, 4) is 0 Å². The highest BCUT2D eigenvalue weighted by Crippen LogP contribution is 2.33. The minimum Gasteiger partial charge on any atom is -0.481 e. The summed E-state index contributed by atoms with van der Waals surface area (Å²) in [5.41, 5.74) is 0. The second-order valence-electron chi connectivity index (χ2n) is 5.46. The number of hydrogen-bond acceptors (Lipinski definition) is 2. The van der Waals surface area contributed by atoms with E-state index in [1.165, 1.54) is 12.8 Å². The van der Waals surface area contributed by atoms with Crippen molar-refractivity contribution >= 4 is 12.0 Å². The average Bonchev–Trinajstić information content (AvgIpc) is 3.00. The van der Waals surface area contributed by atoms with Crippen LogP contribution in [0.3, 0.4) is 0 Å². The summed E-state index contributed by atoms with van der Waals surface area (Å²) in [4.78, 5) is 24.2. The van der Waals surface area contributed by atoms with Gasteiger partial charge >= 0.3 is 12.0 Å². The van der Waals surface area contributed by atoms with Gasteiger partial charge in [-0.25, -0.2) is 4.79 Å². The fraction of sp³-hybridized carbons (Fsp3) is 0.846. The Bertz CT molecular complexity index is 301. The number of amides is 2. The van der Waals surface area contributed by atoms with E-state index in [2.05, 4.69) is 5.32 Å². The number of urea groups is 1. The van der Waals surface area contributed by atoms with E-state index in [4.69, 9.17) is 5.11 Å². The zero-order valence-corrected chi connectivity index (χ0v) is 11.5. The van der Waals surface area contributed by atoms with Crippen molar-refractivity contribution in [2.24, 2.45) is 5.92 Å². The quantitative estimate of drug-likeness (QED) is 0.732. The fourth-order valence-corrected chi connectivity index (χ4v) is 2.02. The van der Waals surface area contributed by atoms with Crippen LogP contribution in [0.2, 0.25) is 0 Å². The van der Waals surface area contributed by atoms with Crippen LogP contribution < -0.4 is 5.32 Å². The highest BCUT2D eigenvalue weighted by Gasteiger charge is 2.25. The van der Waals surface area contributed by atoms with Gasteiger partial charge < -0.3 is 15.3 Å². The van der Waals surface area contributed by atoms with E-state index in [0.717, 1.165) is 12.3 Å². The molecule has 2 amide bonds. The molecule has 0 heterocycles. The van der Waals surface area contributed by atoms with Gasteiger partial charge in [-0.05, 0) is 33.1 Å². The summed E-state index contributed by atoms with van der Waals surface area (Å²) in [5, 5.41) is 11.6. The molecule has 1 aliphatic rings. The first-order valence-corrected chi connectivity index (χ1v) is 6.69. The van der Waals surface area contributed by atoms with Crippen molar-refractivity contribution in [1.29, 1.82) is 0 Å². The van der Waals surface area contributed by atoms with Gasteiger partial charge in [0.15, 0.2) is 0 Å². The maximum Gasteiger partial charge on any atom is 0.317 e. The number of hydrogen-bond donors (Lipinski definition) is 2. The van der Waals surface area contributed by atoms with Gasteiger partial charge in [0.25, 0.3) is 0 Å². The molecule has 1 aliphatic carbocycles. The van der Waals surface area contributed by atoms with Crippen LogP contribution in [0.5, 0.6) is 0 Å². The van der Waals surface area contributed by atoms with Crippen LogP contribution in [-0.4, -0.2) is 40.6 Å². The van der Waals surface area contributed by atoms with Gasteiger partial charge in [0.05, 0.1) is 6.42 Å². The minimum absolute atomic E-state index is 0.0113. The van der Waals surface area contributed by atoms with Crippen molar-refractivity contribution in [2.45, 2.75) is 58.5 Å². The summed E-state index contributed by atoms with van der Waals surface area (Å²) in [6, 6.07) is 0.0213. The van der Waals surface area contributed by atoms with Crippen LogP contribution in [0, 0.1) is 5.92 Å². The standard InChI is InChI=1S/C13H24N2O3/c1-9(2)15(7-6-12(16)17)13(18)14-10(3)8-11-4-5-11/h9-11H,4-8H2,1-3H3,(H,14,18)(H,16,17). The maximum atomic E-state index is 12.0. The smallest absolute Gasteiger partial charge is 0.317 e. The summed E-state index contributed by atoms with van der Waals surface area (Å²) < 4.78 is 0. The monoisotopic (exact) mass is 256 g/mol. The van der Waals surface area contributed by atoms with Gasteiger partial charge in [-0.3, -0.25) is 4.79 Å². The van der Waals surface area contributed by atoms with Gasteiger partial charge in [-0.2, -0.15) is 0 Å². The number of carboxylic acids is 1. The zero-order valence-electron chi connectivity index (χ0n) is 11.5. The minimum atomic E-state index is -0.875. The van der Waals surface area contributed by atoms with E-state index in [-0.39, 0.29) is 31.1 Å². The fourth-order valence-electron chi connectivity index (χ4n) is 2.02. The molecule has 104 valence electrons. The van der Waals surface area contributed by atoms with Gasteiger partial charge in [0.2, 0.25) is 0 Å². The Morgan fingerprint density at radius 1 is 1.33 bits per heavy atom. The highest BCUT2D eigenvalue weighted by atomic mass is 16.4. The Balaban J connectivity index is 2.39. The summed E-state index contributed by atoms with van der Waals surface area (Å²) in [6.45, 7) is 6.06. The van der Waals surface area contributed by atoms with E-state index in [9.17, 15) is 9.59 Å². The topological polar surface area (TPSA) is 69.6 Å². The van der Waals surface area contributed by atoms with Crippen molar-refractivity contribution in [1.82, 2.24) is 10.2 Å². The summed E-state index contributed by atoms with van der Waals surface area (Å²) in [5.74, 6) is -0.105. The molecule has 18 heavy (non-hydrogen) atoms. The Morgan fingerprint density at radius 2 is 1.94 bits per heavy atom. The summed E-state index contributed by atoms with van der Waals surface area (Å²) in [7, 11) is 0. The number of carboxylic acid groups (broad SMARTS) is 1. The molecule has 0 radical (unpaired) electrons. The molecule has 0 aliphatic heterocycles. The molecular weight excluding hydrogens is 232 g/mol. The Morgan fingerprint density at radius 3 is 2.39 bits per heavy atom. The van der Waals surface area contributed by atoms with Crippen molar-refractivity contribution < 1.29 is 14.7 Å². The summed E-state index contributed by atoms with van der Waals surface area (Å²) in [6.07, 6.45) is 3.56. The molecule has 0 bridgehead atoms. The van der Waals surface area contributed by atoms with Crippen LogP contribution in [0.25, 0.3) is 0 Å². The largest absolute Gasteiger partial charge is 0.481 e. The first-order chi connectivity index (χ1) is 8.40. The maximum absolute atomic E-state index is 12.0. The molecule has 1 fully saturated rings. The lowest BCUT2D eigenvalue weighted by Crippen LogP contribution is -2.47. The predicted molar refractivity (Wildman–Crippen MR) is 69.4 cm³/mol. The van der Waals surface area contributed by atoms with E-state index < -0.39 is 5.97 Å². The number of rotatable bonds is 7. The predicted octanol–water partition coefficient (Wildman–Crippen LogP) is 2.07. The molecule has 1 unspecified atom stereocenters. The van der Waals surface area contributed by atoms with Gasteiger partial charge in [-0.15, -0.1) is 0 Å². The molecule has 0 aromatic carbocycles. The SMILES string of the molecule is CC(CC1CC1)NC(=O)N(CCC(=O)O)C(C)C. The van der Waals surface area contributed by atoms with Crippen molar-refractivity contribution in [2.75, 3.05) is 6.54 Å². The molecule has 1 rings (SSSR count). The second kappa shape index (κ2) is 6.61. The third kappa shape index (κ3) is 5.38. The van der Waals surface area contributed by atoms with Crippen LogP contribution in [0.1, 0.15) is 46.5 Å². The van der Waals surface area contributed by atoms with Gasteiger partial charge in [-0.1, -0.05) is 12.8 Å². The molecule has 2 N–H and O–H groups in total. The lowest BCUT2D eigenvalue weighted by molar-refractivity contribution is -0.137. The van der Waals surface area contributed by atoms with E-state index >= 15 is 0 Å². The molecule has 1 saturated carbocycles. The van der Waals surface area contributed by atoms with Crippen LogP contribution >= 0.6 is 0 Å². The first-order valence-electron chi connectivity index (χ1n) is 6.69. The zero-order chi connectivity index (χ0) is 13.7. The molecule has 0 aromatic rings. The number of nitrogens with one attached hydrogen (secondary N) is 1. The average molecular weight is 256 g/mol. The van der Waals surface area contributed by atoms with Crippen molar-refractivity contribution in [3.63, 3.8) is 0 Å². The molecule has 0 saturated heterocycles. The Labute approximate surface area is 109 Å². The Kier molecular flexibility index (Phi) is 5.44. The van der Waals surface area contributed by atoms with Crippen LogP contribution in [0.4, 0.5) is 4.79 Å². The molecule has 1 atom stereocenters. The number of nitrogens with zero attached hydrogens (tertiary/aromatic N) is 1. The molecule has 5 nitrogen and oxygen atoms in total. The molecule has 0 spiro atoms. The van der Waals surface area contributed by atoms with Crippen LogP contribution in [-0.2, 0) is 4.79 Å². The molecule has 5 heteroatoms. The Hall–Kier alpha value is -1.26. The van der Waals surface area contributed by atoms with Crippen molar-refractivity contribution in [3.05, 3.63) is 0 Å². The second-order valence-corrected chi connectivity index (χ2v) is 5.46. The van der Waals surface area contributed by atoms with E-state index in [0.29, 0.717) is 0 Å². The molecular formula is C13H24N2O3. The number of carbonyl (C=O) groups is 2. The number of aliphatic carboxylic acids is 1. The van der Waals surface area contributed by atoms with Gasteiger partial charge in [0.1, 0.15) is 0 Å². The van der Waals surface area contributed by atoms with Crippen LogP contribution in [0.15, 0.2) is 0 Å².